The van der Waals surface area contributed by atoms with Crippen molar-refractivity contribution >= 4 is 39.9 Å². The van der Waals surface area contributed by atoms with E-state index in [9.17, 15) is 18.0 Å². The summed E-state index contributed by atoms with van der Waals surface area (Å²) in [5.74, 6) is 0.214. The number of imidazole rings is 1. The molecule has 0 radical (unpaired) electrons. The summed E-state index contributed by atoms with van der Waals surface area (Å²) >= 11 is 6.14. The fraction of sp³-hybridized carbons (Fsp3) is 0.207. The van der Waals surface area contributed by atoms with Crippen LogP contribution in [0.4, 0.5) is 19.0 Å². The molecular formula is C29H25ClF3N5O2. The summed E-state index contributed by atoms with van der Waals surface area (Å²) in [7, 11) is 1.86. The largest absolute Gasteiger partial charge is 0.573 e. The third-order valence-corrected chi connectivity index (χ3v) is 6.59. The summed E-state index contributed by atoms with van der Waals surface area (Å²) in [5.41, 5.74) is 4.33. The molecule has 0 saturated carbocycles. The summed E-state index contributed by atoms with van der Waals surface area (Å²) in [6.07, 6.45) is -2.43. The van der Waals surface area contributed by atoms with E-state index in [1.165, 1.54) is 12.1 Å². The minimum Gasteiger partial charge on any atom is -0.406 e. The number of ether oxygens (including phenoxy) is 1. The van der Waals surface area contributed by atoms with E-state index in [0.717, 1.165) is 22.0 Å². The third-order valence-electron chi connectivity index (χ3n) is 6.36. The van der Waals surface area contributed by atoms with Gasteiger partial charge in [-0.25, -0.2) is 9.97 Å². The molecule has 0 fully saturated rings. The number of hydrogen-bond acceptors (Lipinski definition) is 5. The van der Waals surface area contributed by atoms with Crippen LogP contribution in [0.15, 0.2) is 72.9 Å². The summed E-state index contributed by atoms with van der Waals surface area (Å²) in [6, 6.07) is 18.9. The molecule has 2 aromatic carbocycles. The summed E-state index contributed by atoms with van der Waals surface area (Å²) in [6.45, 7) is 2.72. The molecule has 0 aliphatic rings. The van der Waals surface area contributed by atoms with E-state index in [4.69, 9.17) is 16.6 Å². The number of fused-ring (bicyclic) bond motifs is 2. The number of nitrogens with zero attached hydrogens (tertiary/aromatic N) is 4. The highest BCUT2D eigenvalue weighted by Gasteiger charge is 2.31. The van der Waals surface area contributed by atoms with Crippen molar-refractivity contribution in [3.63, 3.8) is 0 Å². The minimum atomic E-state index is -4.72. The number of rotatable bonds is 8. The van der Waals surface area contributed by atoms with Crippen LogP contribution in [0.2, 0.25) is 5.02 Å². The van der Waals surface area contributed by atoms with Crippen molar-refractivity contribution in [2.45, 2.75) is 32.8 Å². The lowest BCUT2D eigenvalue weighted by Crippen LogP contribution is -2.25. The van der Waals surface area contributed by atoms with Crippen molar-refractivity contribution in [1.29, 1.82) is 0 Å². The number of anilines is 1. The van der Waals surface area contributed by atoms with Gasteiger partial charge in [0.15, 0.2) is 0 Å². The predicted octanol–water partition coefficient (Wildman–Crippen LogP) is 6.56. The van der Waals surface area contributed by atoms with E-state index in [1.54, 1.807) is 34.9 Å². The molecule has 0 aliphatic carbocycles. The normalized spacial score (nSPS) is 11.7. The monoisotopic (exact) mass is 567 g/mol. The number of pyridine rings is 2. The van der Waals surface area contributed by atoms with E-state index in [2.05, 4.69) is 15.0 Å². The lowest BCUT2D eigenvalue weighted by atomic mass is 10.1. The topological polar surface area (TPSA) is 71.8 Å². The first-order valence-corrected chi connectivity index (χ1v) is 12.9. The molecule has 1 amide bonds. The van der Waals surface area contributed by atoms with Gasteiger partial charge in [-0.3, -0.25) is 9.20 Å². The van der Waals surface area contributed by atoms with Gasteiger partial charge in [0.1, 0.15) is 22.9 Å². The summed E-state index contributed by atoms with van der Waals surface area (Å²) < 4.78 is 42.8. The van der Waals surface area contributed by atoms with Crippen LogP contribution in [0.3, 0.4) is 0 Å². The molecule has 0 aliphatic heterocycles. The zero-order valence-electron chi connectivity index (χ0n) is 21.7. The van der Waals surface area contributed by atoms with Crippen LogP contribution in [0.5, 0.6) is 5.75 Å². The highest BCUT2D eigenvalue weighted by Crippen LogP contribution is 2.25. The van der Waals surface area contributed by atoms with Gasteiger partial charge < -0.3 is 15.0 Å². The number of carbonyl (C=O) groups excluding carboxylic acids is 1. The smallest absolute Gasteiger partial charge is 0.406 e. The molecule has 0 atom stereocenters. The molecule has 3 aromatic heterocycles. The number of carbonyl (C=O) groups is 1. The second kappa shape index (κ2) is 11.1. The van der Waals surface area contributed by atoms with Crippen LogP contribution in [0, 0.1) is 0 Å². The van der Waals surface area contributed by atoms with Gasteiger partial charge in [0.05, 0.1) is 16.2 Å². The van der Waals surface area contributed by atoms with Gasteiger partial charge in [0.2, 0.25) is 0 Å². The van der Waals surface area contributed by atoms with Crippen LogP contribution in [0.25, 0.3) is 16.6 Å². The van der Waals surface area contributed by atoms with Crippen molar-refractivity contribution in [2.75, 3.05) is 11.9 Å². The average Bonchev–Trinajstić information content (AvgIpc) is 3.29. The molecule has 0 spiro atoms. The number of aromatic nitrogens is 3. The zero-order valence-corrected chi connectivity index (χ0v) is 22.4. The fourth-order valence-electron chi connectivity index (χ4n) is 4.46. The Kier molecular flexibility index (Phi) is 7.53. The standard InChI is InChI=1S/C29H25ClF3N5O2/c1-3-23-27(38-17-21(30)8-13-26(38)35-23)28(39)34-15-19-6-11-24-20(14-19)7-12-25(36-24)37(2)16-18-4-9-22(10-5-18)40-29(31,32)33/h4-14,17H,3,15-16H2,1-2H3,(H,34,39). The summed E-state index contributed by atoms with van der Waals surface area (Å²) in [5, 5.41) is 4.41. The quantitative estimate of drug-likeness (QED) is 0.230. The molecule has 5 rings (SSSR count). The number of amides is 1. The Morgan fingerprint density at radius 3 is 2.50 bits per heavy atom. The molecule has 0 unspecified atom stereocenters. The Balaban J connectivity index is 1.26. The Bertz CT molecular complexity index is 1690. The highest BCUT2D eigenvalue weighted by atomic mass is 35.5. The van der Waals surface area contributed by atoms with E-state index in [0.29, 0.717) is 47.4 Å². The number of aryl methyl sites for hydroxylation is 1. The molecule has 0 saturated heterocycles. The van der Waals surface area contributed by atoms with Crippen molar-refractivity contribution < 1.29 is 22.7 Å². The number of benzene rings is 2. The second-order valence-corrected chi connectivity index (χ2v) is 9.70. The first-order chi connectivity index (χ1) is 19.1. The van der Waals surface area contributed by atoms with Gasteiger partial charge in [-0.1, -0.05) is 36.7 Å². The van der Waals surface area contributed by atoms with Crippen LogP contribution < -0.4 is 15.0 Å². The predicted molar refractivity (Wildman–Crippen MR) is 148 cm³/mol. The molecule has 206 valence electrons. The van der Waals surface area contributed by atoms with Crippen LogP contribution in [-0.4, -0.2) is 33.7 Å². The van der Waals surface area contributed by atoms with Crippen molar-refractivity contribution in [2.24, 2.45) is 0 Å². The van der Waals surface area contributed by atoms with Crippen molar-refractivity contribution in [1.82, 2.24) is 19.7 Å². The number of nitrogens with one attached hydrogen (secondary N) is 1. The van der Waals surface area contributed by atoms with Crippen LogP contribution >= 0.6 is 11.6 Å². The molecule has 5 aromatic rings. The molecule has 3 heterocycles. The molecule has 0 bridgehead atoms. The number of hydrogen-bond donors (Lipinski definition) is 1. The Labute approximate surface area is 233 Å². The van der Waals surface area contributed by atoms with Crippen LogP contribution in [0.1, 0.15) is 34.2 Å². The van der Waals surface area contributed by atoms with E-state index < -0.39 is 6.36 Å². The minimum absolute atomic E-state index is 0.236. The maximum absolute atomic E-state index is 13.1. The van der Waals surface area contributed by atoms with Gasteiger partial charge >= 0.3 is 6.36 Å². The van der Waals surface area contributed by atoms with Crippen LogP contribution in [-0.2, 0) is 19.5 Å². The Morgan fingerprint density at radius 2 is 1.77 bits per heavy atom. The molecule has 1 N–H and O–H groups in total. The lowest BCUT2D eigenvalue weighted by molar-refractivity contribution is -0.274. The van der Waals surface area contributed by atoms with Gasteiger partial charge in [-0.2, -0.15) is 0 Å². The maximum Gasteiger partial charge on any atom is 0.573 e. The third kappa shape index (κ3) is 6.12. The number of alkyl halides is 3. The second-order valence-electron chi connectivity index (χ2n) is 9.26. The SMILES string of the molecule is CCc1nc2ccc(Cl)cn2c1C(=O)NCc1ccc2nc(N(C)Cc3ccc(OC(F)(F)F)cc3)ccc2c1. The Morgan fingerprint density at radius 1 is 1.02 bits per heavy atom. The molecule has 11 heteroatoms. The lowest BCUT2D eigenvalue weighted by Gasteiger charge is -2.19. The van der Waals surface area contributed by atoms with Gasteiger partial charge in [-0.15, -0.1) is 13.2 Å². The van der Waals surface area contributed by atoms with E-state index >= 15 is 0 Å². The molecular weight excluding hydrogens is 543 g/mol. The zero-order chi connectivity index (χ0) is 28.4. The van der Waals surface area contributed by atoms with E-state index in [-0.39, 0.29) is 11.7 Å². The fourth-order valence-corrected chi connectivity index (χ4v) is 4.62. The molecule has 7 nitrogen and oxygen atoms in total. The molecule has 40 heavy (non-hydrogen) atoms. The first-order valence-electron chi connectivity index (χ1n) is 12.5. The van der Waals surface area contributed by atoms with Gasteiger partial charge in [-0.05, 0) is 66.1 Å². The summed E-state index contributed by atoms with van der Waals surface area (Å²) in [4.78, 5) is 24.3. The maximum atomic E-state index is 13.1. The van der Waals surface area contributed by atoms with Gasteiger partial charge in [0.25, 0.3) is 5.91 Å². The van der Waals surface area contributed by atoms with Crippen molar-refractivity contribution in [3.8, 4) is 5.75 Å². The van der Waals surface area contributed by atoms with Gasteiger partial charge in [0, 0.05) is 31.7 Å². The van der Waals surface area contributed by atoms with Crippen molar-refractivity contribution in [3.05, 3.63) is 100 Å². The Hall–Kier alpha value is -4.31. The highest BCUT2D eigenvalue weighted by molar-refractivity contribution is 6.30. The average molecular weight is 568 g/mol. The first kappa shape index (κ1) is 27.3. The van der Waals surface area contributed by atoms with E-state index in [1.807, 2.05) is 49.2 Å². The number of halogens is 4.